The van der Waals surface area contributed by atoms with Crippen LogP contribution in [-0.4, -0.2) is 20.4 Å². The molecule has 0 bridgehead atoms. The zero-order valence-electron chi connectivity index (χ0n) is 15.1. The van der Waals surface area contributed by atoms with Gasteiger partial charge < -0.3 is 4.57 Å². The quantitative estimate of drug-likeness (QED) is 0.505. The molecule has 0 saturated heterocycles. The summed E-state index contributed by atoms with van der Waals surface area (Å²) < 4.78 is 3.14. The van der Waals surface area contributed by atoms with Crippen LogP contribution in [0.2, 0.25) is 0 Å². The van der Waals surface area contributed by atoms with Gasteiger partial charge in [-0.05, 0) is 43.2 Å². The molecule has 6 heteroatoms. The number of rotatable bonds is 3. The lowest BCUT2D eigenvalue weighted by Crippen LogP contribution is -2.16. The number of thiazole rings is 1. The molecule has 134 valence electrons. The second-order valence-corrected chi connectivity index (χ2v) is 7.35. The summed E-state index contributed by atoms with van der Waals surface area (Å²) in [5.41, 5.74) is 5.09. The highest BCUT2D eigenvalue weighted by molar-refractivity contribution is 7.16. The van der Waals surface area contributed by atoms with Gasteiger partial charge >= 0.3 is 0 Å². The molecule has 5 nitrogen and oxygen atoms in total. The number of benzene rings is 2. The number of para-hydroxylation sites is 2. The topological polar surface area (TPSA) is 60.1 Å². The molecule has 4 rings (SSSR count). The fourth-order valence-electron chi connectivity index (χ4n) is 3.11. The SMILES string of the molecule is C=CCn1c(=NC(=O)c2cnc3ccccc3n2)sc2c(C)cc(C)cc21. The van der Waals surface area contributed by atoms with Crippen LogP contribution in [0.4, 0.5) is 0 Å². The van der Waals surface area contributed by atoms with Gasteiger partial charge in [-0.3, -0.25) is 9.78 Å². The highest BCUT2D eigenvalue weighted by atomic mass is 32.1. The lowest BCUT2D eigenvalue weighted by Gasteiger charge is -2.03. The van der Waals surface area contributed by atoms with E-state index >= 15 is 0 Å². The van der Waals surface area contributed by atoms with Crippen molar-refractivity contribution >= 4 is 38.5 Å². The molecule has 0 aliphatic rings. The predicted molar refractivity (Wildman–Crippen MR) is 109 cm³/mol. The fraction of sp³-hybridized carbons (Fsp3) is 0.143. The van der Waals surface area contributed by atoms with E-state index in [0.29, 0.717) is 16.9 Å². The van der Waals surface area contributed by atoms with E-state index in [1.807, 2.05) is 34.9 Å². The summed E-state index contributed by atoms with van der Waals surface area (Å²) in [5.74, 6) is -0.396. The van der Waals surface area contributed by atoms with Gasteiger partial charge in [-0.15, -0.1) is 6.58 Å². The smallest absolute Gasteiger partial charge is 0.299 e. The summed E-state index contributed by atoms with van der Waals surface area (Å²) in [7, 11) is 0. The van der Waals surface area contributed by atoms with Crippen LogP contribution in [0, 0.1) is 13.8 Å². The summed E-state index contributed by atoms with van der Waals surface area (Å²) >= 11 is 1.51. The molecule has 0 spiro atoms. The standard InChI is InChI=1S/C21H18N4OS/c1-4-9-25-18-11-13(2)10-14(3)19(18)27-21(25)24-20(26)17-12-22-15-7-5-6-8-16(15)23-17/h4-8,10-12H,1,9H2,2-3H3. The van der Waals surface area contributed by atoms with Crippen molar-refractivity contribution in [1.29, 1.82) is 0 Å². The van der Waals surface area contributed by atoms with Gasteiger partial charge in [-0.1, -0.05) is 35.6 Å². The molecular weight excluding hydrogens is 356 g/mol. The molecule has 27 heavy (non-hydrogen) atoms. The first kappa shape index (κ1) is 17.3. The van der Waals surface area contributed by atoms with Crippen molar-refractivity contribution in [3.63, 3.8) is 0 Å². The van der Waals surface area contributed by atoms with Gasteiger partial charge in [0.25, 0.3) is 5.91 Å². The van der Waals surface area contributed by atoms with Crippen LogP contribution in [0.15, 0.2) is 60.2 Å². The van der Waals surface area contributed by atoms with Crippen molar-refractivity contribution in [1.82, 2.24) is 14.5 Å². The maximum atomic E-state index is 12.7. The molecule has 0 saturated carbocycles. The Labute approximate surface area is 160 Å². The molecule has 2 aromatic heterocycles. The second kappa shape index (κ2) is 6.89. The van der Waals surface area contributed by atoms with Crippen molar-refractivity contribution in [2.24, 2.45) is 4.99 Å². The monoisotopic (exact) mass is 374 g/mol. The average Bonchev–Trinajstić information content (AvgIpc) is 2.99. The lowest BCUT2D eigenvalue weighted by atomic mass is 10.1. The normalized spacial score (nSPS) is 12.0. The van der Waals surface area contributed by atoms with Gasteiger partial charge in [0.1, 0.15) is 5.69 Å². The Morgan fingerprint density at radius 3 is 2.81 bits per heavy atom. The van der Waals surface area contributed by atoms with Gasteiger partial charge in [-0.2, -0.15) is 4.99 Å². The van der Waals surface area contributed by atoms with Gasteiger partial charge in [0, 0.05) is 6.54 Å². The van der Waals surface area contributed by atoms with E-state index in [2.05, 4.69) is 47.5 Å². The van der Waals surface area contributed by atoms with E-state index in [0.717, 1.165) is 15.7 Å². The molecule has 4 aromatic rings. The van der Waals surface area contributed by atoms with E-state index in [1.54, 1.807) is 0 Å². The third-order valence-electron chi connectivity index (χ3n) is 4.29. The fourth-order valence-corrected chi connectivity index (χ4v) is 4.20. The number of aryl methyl sites for hydroxylation is 2. The van der Waals surface area contributed by atoms with Gasteiger partial charge in [-0.25, -0.2) is 4.98 Å². The molecular formula is C21H18N4OS. The van der Waals surface area contributed by atoms with Crippen LogP contribution in [0.5, 0.6) is 0 Å². The van der Waals surface area contributed by atoms with Crippen molar-refractivity contribution in [3.05, 3.63) is 76.9 Å². The number of fused-ring (bicyclic) bond motifs is 2. The molecule has 0 fully saturated rings. The minimum Gasteiger partial charge on any atom is -0.312 e. The van der Waals surface area contributed by atoms with E-state index in [4.69, 9.17) is 0 Å². The number of carbonyl (C=O) groups excluding carboxylic acids is 1. The highest BCUT2D eigenvalue weighted by Crippen LogP contribution is 2.23. The molecule has 0 aliphatic carbocycles. The highest BCUT2D eigenvalue weighted by Gasteiger charge is 2.12. The number of allylic oxidation sites excluding steroid dienone is 1. The zero-order valence-corrected chi connectivity index (χ0v) is 16.0. The summed E-state index contributed by atoms with van der Waals surface area (Å²) in [6, 6.07) is 11.7. The first-order valence-corrected chi connectivity index (χ1v) is 9.41. The maximum absolute atomic E-state index is 12.7. The Balaban J connectivity index is 1.87. The third kappa shape index (κ3) is 3.19. The molecule has 0 radical (unpaired) electrons. The Bertz CT molecular complexity index is 1270. The molecule has 0 aliphatic heterocycles. The van der Waals surface area contributed by atoms with Gasteiger partial charge in [0.15, 0.2) is 4.80 Å². The molecule has 2 heterocycles. The van der Waals surface area contributed by atoms with Crippen LogP contribution in [0.25, 0.3) is 21.3 Å². The number of nitrogens with zero attached hydrogens (tertiary/aromatic N) is 4. The Hall–Kier alpha value is -3.12. The number of hydrogen-bond acceptors (Lipinski definition) is 4. The largest absolute Gasteiger partial charge is 0.312 e. The number of hydrogen-bond donors (Lipinski definition) is 0. The molecule has 0 unspecified atom stereocenters. The average molecular weight is 374 g/mol. The van der Waals surface area contributed by atoms with Crippen molar-refractivity contribution < 1.29 is 4.79 Å². The minimum absolute atomic E-state index is 0.240. The van der Waals surface area contributed by atoms with Crippen LogP contribution in [0.1, 0.15) is 21.6 Å². The minimum atomic E-state index is -0.396. The first-order valence-electron chi connectivity index (χ1n) is 8.59. The number of carbonyl (C=O) groups is 1. The molecule has 1 amide bonds. The van der Waals surface area contributed by atoms with Crippen LogP contribution >= 0.6 is 11.3 Å². The van der Waals surface area contributed by atoms with E-state index in [9.17, 15) is 4.79 Å². The first-order chi connectivity index (χ1) is 13.1. The lowest BCUT2D eigenvalue weighted by molar-refractivity contribution is 0.0993. The van der Waals surface area contributed by atoms with E-state index in [1.165, 1.54) is 28.7 Å². The van der Waals surface area contributed by atoms with Crippen molar-refractivity contribution in [3.8, 4) is 0 Å². The number of amides is 1. The third-order valence-corrected chi connectivity index (χ3v) is 5.52. The Morgan fingerprint density at radius 1 is 1.26 bits per heavy atom. The van der Waals surface area contributed by atoms with Crippen LogP contribution < -0.4 is 4.80 Å². The molecule has 2 aromatic carbocycles. The summed E-state index contributed by atoms with van der Waals surface area (Å²) in [5, 5.41) is 0. The van der Waals surface area contributed by atoms with Gasteiger partial charge in [0.2, 0.25) is 0 Å². The zero-order chi connectivity index (χ0) is 19.0. The second-order valence-electron chi connectivity index (χ2n) is 6.37. The van der Waals surface area contributed by atoms with Gasteiger partial charge in [0.05, 0.1) is 27.4 Å². The molecule has 0 N–H and O–H groups in total. The maximum Gasteiger partial charge on any atom is 0.299 e. The predicted octanol–water partition coefficient (Wildman–Crippen LogP) is 4.19. The number of aromatic nitrogens is 3. The van der Waals surface area contributed by atoms with Crippen molar-refractivity contribution in [2.45, 2.75) is 20.4 Å². The molecule has 0 atom stereocenters. The van der Waals surface area contributed by atoms with E-state index < -0.39 is 5.91 Å². The summed E-state index contributed by atoms with van der Waals surface area (Å²) in [4.78, 5) is 26.4. The van der Waals surface area contributed by atoms with Crippen LogP contribution in [-0.2, 0) is 6.54 Å². The van der Waals surface area contributed by atoms with Crippen molar-refractivity contribution in [2.75, 3.05) is 0 Å². The van der Waals surface area contributed by atoms with E-state index in [-0.39, 0.29) is 5.69 Å². The Morgan fingerprint density at radius 2 is 2.04 bits per heavy atom. The Kier molecular flexibility index (Phi) is 4.41. The summed E-state index contributed by atoms with van der Waals surface area (Å²) in [6.07, 6.45) is 3.29. The van der Waals surface area contributed by atoms with Crippen LogP contribution in [0.3, 0.4) is 0 Å². The summed E-state index contributed by atoms with van der Waals surface area (Å²) in [6.45, 7) is 8.55.